The van der Waals surface area contributed by atoms with Crippen LogP contribution in [0, 0.1) is 0 Å². The van der Waals surface area contributed by atoms with Gasteiger partial charge in [0.05, 0.1) is 17.7 Å². The maximum Gasteiger partial charge on any atom is 0.328 e. The van der Waals surface area contributed by atoms with Crippen molar-refractivity contribution in [3.8, 4) is 5.75 Å². The Hall–Kier alpha value is -2.39. The SMILES string of the molecule is COC(=O)C1C=CCN1S(=O)(=O)c1ccc2c(c1)NC(=O)CO2. The standard InChI is InChI=1S/C14H14N2O6S/c1-21-14(18)11-3-2-6-16(11)23(19,20)9-4-5-12-10(7-9)15-13(17)8-22-12/h2-5,7,11H,6,8H2,1H3,(H,15,17). The molecule has 1 N–H and O–H groups in total. The molecule has 0 spiro atoms. The Labute approximate surface area is 132 Å². The largest absolute Gasteiger partial charge is 0.482 e. The van der Waals surface area contributed by atoms with Crippen molar-refractivity contribution in [2.45, 2.75) is 10.9 Å². The zero-order chi connectivity index (χ0) is 16.6. The van der Waals surface area contributed by atoms with Crippen molar-refractivity contribution in [3.05, 3.63) is 30.4 Å². The summed E-state index contributed by atoms with van der Waals surface area (Å²) in [5.74, 6) is -0.619. The van der Waals surface area contributed by atoms with E-state index in [2.05, 4.69) is 10.1 Å². The summed E-state index contributed by atoms with van der Waals surface area (Å²) in [6.45, 7) is -0.0401. The van der Waals surface area contributed by atoms with E-state index in [9.17, 15) is 18.0 Å². The lowest BCUT2D eigenvalue weighted by Gasteiger charge is -2.23. The Kier molecular flexibility index (Phi) is 3.82. The molecule has 1 aromatic carbocycles. The van der Waals surface area contributed by atoms with Gasteiger partial charge in [0.15, 0.2) is 6.61 Å². The van der Waals surface area contributed by atoms with Gasteiger partial charge in [-0.3, -0.25) is 4.79 Å². The number of fused-ring (bicyclic) bond motifs is 1. The maximum absolute atomic E-state index is 12.8. The number of nitrogens with zero attached hydrogens (tertiary/aromatic N) is 1. The number of sulfonamides is 1. The lowest BCUT2D eigenvalue weighted by atomic mass is 10.2. The van der Waals surface area contributed by atoms with Crippen LogP contribution in [0.3, 0.4) is 0 Å². The molecule has 0 saturated carbocycles. The van der Waals surface area contributed by atoms with Crippen molar-refractivity contribution in [2.75, 3.05) is 25.6 Å². The van der Waals surface area contributed by atoms with Crippen molar-refractivity contribution in [1.82, 2.24) is 4.31 Å². The topological polar surface area (TPSA) is 102 Å². The molecule has 0 fully saturated rings. The molecule has 2 heterocycles. The number of amides is 1. The van der Waals surface area contributed by atoms with Crippen molar-refractivity contribution in [3.63, 3.8) is 0 Å². The van der Waals surface area contributed by atoms with E-state index in [4.69, 9.17) is 4.74 Å². The van der Waals surface area contributed by atoms with Gasteiger partial charge >= 0.3 is 5.97 Å². The van der Waals surface area contributed by atoms with Gasteiger partial charge in [0.25, 0.3) is 5.91 Å². The molecular weight excluding hydrogens is 324 g/mol. The van der Waals surface area contributed by atoms with Gasteiger partial charge < -0.3 is 14.8 Å². The van der Waals surface area contributed by atoms with Crippen LogP contribution in [0.4, 0.5) is 5.69 Å². The first-order valence-electron chi connectivity index (χ1n) is 6.76. The highest BCUT2D eigenvalue weighted by molar-refractivity contribution is 7.89. The van der Waals surface area contributed by atoms with E-state index in [0.717, 1.165) is 4.31 Å². The molecule has 0 aromatic heterocycles. The minimum Gasteiger partial charge on any atom is -0.482 e. The van der Waals surface area contributed by atoms with Crippen LogP contribution in [0.5, 0.6) is 5.75 Å². The first-order chi connectivity index (χ1) is 10.9. The quantitative estimate of drug-likeness (QED) is 0.620. The number of nitrogens with one attached hydrogen (secondary N) is 1. The number of hydrogen-bond donors (Lipinski definition) is 1. The molecule has 3 rings (SSSR count). The predicted molar refractivity (Wildman–Crippen MR) is 79.4 cm³/mol. The molecule has 1 unspecified atom stereocenters. The summed E-state index contributed by atoms with van der Waals surface area (Å²) in [5, 5.41) is 2.55. The summed E-state index contributed by atoms with van der Waals surface area (Å²) in [5.41, 5.74) is 0.282. The second-order valence-electron chi connectivity index (χ2n) is 4.97. The van der Waals surface area contributed by atoms with Crippen LogP contribution >= 0.6 is 0 Å². The van der Waals surface area contributed by atoms with Gasteiger partial charge in [0.1, 0.15) is 11.8 Å². The molecule has 1 aromatic rings. The lowest BCUT2D eigenvalue weighted by molar-refractivity contribution is -0.143. The van der Waals surface area contributed by atoms with Crippen LogP contribution in [0.15, 0.2) is 35.2 Å². The summed E-state index contributed by atoms with van der Waals surface area (Å²) in [6.07, 6.45) is 3.06. The number of benzene rings is 1. The first-order valence-corrected chi connectivity index (χ1v) is 8.20. The Bertz CT molecular complexity index is 801. The highest BCUT2D eigenvalue weighted by atomic mass is 32.2. The highest BCUT2D eigenvalue weighted by Crippen LogP contribution is 2.32. The lowest BCUT2D eigenvalue weighted by Crippen LogP contribution is -2.41. The van der Waals surface area contributed by atoms with E-state index in [1.807, 2.05) is 0 Å². The first kappa shape index (κ1) is 15.5. The van der Waals surface area contributed by atoms with Crippen LogP contribution in [-0.2, 0) is 24.3 Å². The molecule has 0 radical (unpaired) electrons. The van der Waals surface area contributed by atoms with Gasteiger partial charge in [-0.1, -0.05) is 12.2 Å². The third kappa shape index (κ3) is 2.68. The van der Waals surface area contributed by atoms with E-state index < -0.39 is 22.0 Å². The molecule has 2 aliphatic heterocycles. The molecule has 122 valence electrons. The molecule has 1 atom stereocenters. The third-order valence-electron chi connectivity index (χ3n) is 3.55. The Morgan fingerprint density at radius 3 is 2.96 bits per heavy atom. The average Bonchev–Trinajstić information content (AvgIpc) is 3.03. The van der Waals surface area contributed by atoms with Crippen molar-refractivity contribution in [2.24, 2.45) is 0 Å². The second kappa shape index (κ2) is 5.67. The minimum atomic E-state index is -3.93. The molecule has 0 bridgehead atoms. The van der Waals surface area contributed by atoms with Crippen LogP contribution in [0.2, 0.25) is 0 Å². The van der Waals surface area contributed by atoms with Crippen LogP contribution in [0.25, 0.3) is 0 Å². The summed E-state index contributed by atoms with van der Waals surface area (Å²) >= 11 is 0. The van der Waals surface area contributed by atoms with Crippen LogP contribution in [0.1, 0.15) is 0 Å². The smallest absolute Gasteiger partial charge is 0.328 e. The predicted octanol–water partition coefficient (Wildman–Crippen LogP) is 0.120. The van der Waals surface area contributed by atoms with Gasteiger partial charge in [-0.2, -0.15) is 4.31 Å². The fourth-order valence-electron chi connectivity index (χ4n) is 2.43. The number of carbonyl (C=O) groups is 2. The van der Waals surface area contributed by atoms with Crippen molar-refractivity contribution >= 4 is 27.6 Å². The van der Waals surface area contributed by atoms with Gasteiger partial charge in [-0.15, -0.1) is 0 Å². The van der Waals surface area contributed by atoms with Gasteiger partial charge in [0, 0.05) is 6.54 Å². The number of anilines is 1. The number of methoxy groups -OCH3 is 1. The highest BCUT2D eigenvalue weighted by Gasteiger charge is 2.37. The van der Waals surface area contributed by atoms with Gasteiger partial charge in [-0.25, -0.2) is 13.2 Å². The summed E-state index contributed by atoms with van der Waals surface area (Å²) in [7, 11) is -2.73. The number of ether oxygens (including phenoxy) is 2. The summed E-state index contributed by atoms with van der Waals surface area (Å²) in [4.78, 5) is 23.0. The third-order valence-corrected chi connectivity index (χ3v) is 5.39. The monoisotopic (exact) mass is 338 g/mol. The van der Waals surface area contributed by atoms with Gasteiger partial charge in [0.2, 0.25) is 10.0 Å². The minimum absolute atomic E-state index is 0.0420. The average molecular weight is 338 g/mol. The van der Waals surface area contributed by atoms with Gasteiger partial charge in [-0.05, 0) is 18.2 Å². The zero-order valence-corrected chi connectivity index (χ0v) is 13.0. The number of rotatable bonds is 3. The Morgan fingerprint density at radius 2 is 2.22 bits per heavy atom. The zero-order valence-electron chi connectivity index (χ0n) is 12.2. The normalized spacial score (nSPS) is 20.6. The van der Waals surface area contributed by atoms with Crippen LogP contribution < -0.4 is 10.1 Å². The molecule has 1 amide bonds. The Morgan fingerprint density at radius 1 is 1.43 bits per heavy atom. The van der Waals surface area contributed by atoms with E-state index in [1.54, 1.807) is 6.08 Å². The Balaban J connectivity index is 1.96. The van der Waals surface area contributed by atoms with E-state index >= 15 is 0 Å². The number of hydrogen-bond acceptors (Lipinski definition) is 6. The fraction of sp³-hybridized carbons (Fsp3) is 0.286. The molecule has 8 nitrogen and oxygen atoms in total. The molecule has 2 aliphatic rings. The molecule has 0 saturated heterocycles. The summed E-state index contributed by atoms with van der Waals surface area (Å²) < 4.78 is 36.4. The van der Waals surface area contributed by atoms with E-state index in [1.165, 1.54) is 31.4 Å². The van der Waals surface area contributed by atoms with Crippen molar-refractivity contribution < 1.29 is 27.5 Å². The molecule has 9 heteroatoms. The van der Waals surface area contributed by atoms with E-state index in [-0.39, 0.29) is 29.6 Å². The molecule has 23 heavy (non-hydrogen) atoms. The molecular formula is C14H14N2O6S. The fourth-order valence-corrected chi connectivity index (χ4v) is 3.94. The van der Waals surface area contributed by atoms with Crippen LogP contribution in [-0.4, -0.2) is 50.9 Å². The second-order valence-corrected chi connectivity index (χ2v) is 6.86. The van der Waals surface area contributed by atoms with E-state index in [0.29, 0.717) is 5.75 Å². The number of carbonyl (C=O) groups excluding carboxylic acids is 2. The maximum atomic E-state index is 12.8. The van der Waals surface area contributed by atoms with Crippen molar-refractivity contribution in [1.29, 1.82) is 0 Å². The number of esters is 1. The molecule has 0 aliphatic carbocycles. The summed E-state index contributed by atoms with van der Waals surface area (Å²) in [6, 6.07) is 3.16.